The number of hydrogen-bond acceptors (Lipinski definition) is 3. The van der Waals surface area contributed by atoms with Gasteiger partial charge in [0.15, 0.2) is 0 Å². The normalized spacial score (nSPS) is 16.9. The first-order valence-corrected chi connectivity index (χ1v) is 7.20. The zero-order chi connectivity index (χ0) is 14.1. The number of fused-ring (bicyclic) bond motifs is 1. The smallest absolute Gasteiger partial charge is 0.0540 e. The van der Waals surface area contributed by atoms with Gasteiger partial charge in [-0.15, -0.1) is 0 Å². The Morgan fingerprint density at radius 1 is 1.30 bits per heavy atom. The van der Waals surface area contributed by atoms with Crippen LogP contribution in [0.4, 0.5) is 0 Å². The van der Waals surface area contributed by atoms with Crippen molar-refractivity contribution in [2.75, 3.05) is 13.1 Å². The van der Waals surface area contributed by atoms with Crippen LogP contribution in [0.5, 0.6) is 0 Å². The van der Waals surface area contributed by atoms with Gasteiger partial charge in [-0.25, -0.2) is 0 Å². The van der Waals surface area contributed by atoms with Crippen molar-refractivity contribution in [3.63, 3.8) is 0 Å². The molecule has 1 unspecified atom stereocenters. The monoisotopic (exact) mass is 270 g/mol. The molecule has 0 aliphatic carbocycles. The fourth-order valence-corrected chi connectivity index (χ4v) is 3.10. The molecule has 4 nitrogen and oxygen atoms in total. The lowest BCUT2D eigenvalue weighted by Gasteiger charge is -2.35. The SMILES string of the molecule is Cc1c(C(CN)N2CCc3ccccc3C2)cnn1C. The van der Waals surface area contributed by atoms with Crippen LogP contribution in [0.15, 0.2) is 30.5 Å². The number of nitrogens with two attached hydrogens (primary N) is 1. The van der Waals surface area contributed by atoms with Crippen LogP contribution >= 0.6 is 0 Å². The Hall–Kier alpha value is -1.65. The van der Waals surface area contributed by atoms with Gasteiger partial charge in [0.25, 0.3) is 0 Å². The van der Waals surface area contributed by atoms with E-state index < -0.39 is 0 Å². The van der Waals surface area contributed by atoms with E-state index in [0.29, 0.717) is 6.54 Å². The minimum absolute atomic E-state index is 0.261. The fourth-order valence-electron chi connectivity index (χ4n) is 3.10. The third kappa shape index (κ3) is 2.25. The molecule has 20 heavy (non-hydrogen) atoms. The van der Waals surface area contributed by atoms with Gasteiger partial charge in [0.05, 0.1) is 12.2 Å². The molecule has 1 aliphatic rings. The third-order valence-corrected chi connectivity index (χ3v) is 4.46. The van der Waals surface area contributed by atoms with Crippen molar-refractivity contribution in [1.82, 2.24) is 14.7 Å². The maximum atomic E-state index is 6.06. The van der Waals surface area contributed by atoms with E-state index in [4.69, 9.17) is 5.73 Å². The van der Waals surface area contributed by atoms with Crippen LogP contribution in [0, 0.1) is 6.92 Å². The molecule has 0 bridgehead atoms. The Morgan fingerprint density at radius 2 is 2.05 bits per heavy atom. The highest BCUT2D eigenvalue weighted by Crippen LogP contribution is 2.28. The fraction of sp³-hybridized carbons (Fsp3) is 0.438. The van der Waals surface area contributed by atoms with E-state index in [2.05, 4.69) is 41.2 Å². The van der Waals surface area contributed by atoms with Gasteiger partial charge in [-0.3, -0.25) is 9.58 Å². The predicted molar refractivity (Wildman–Crippen MR) is 80.3 cm³/mol. The van der Waals surface area contributed by atoms with E-state index in [1.54, 1.807) is 0 Å². The molecule has 3 rings (SSSR count). The maximum Gasteiger partial charge on any atom is 0.0540 e. The van der Waals surface area contributed by atoms with Gasteiger partial charge in [-0.1, -0.05) is 24.3 Å². The average molecular weight is 270 g/mol. The van der Waals surface area contributed by atoms with Crippen molar-refractivity contribution in [3.8, 4) is 0 Å². The average Bonchev–Trinajstić information content (AvgIpc) is 2.80. The van der Waals surface area contributed by atoms with Crippen molar-refractivity contribution in [2.24, 2.45) is 12.8 Å². The van der Waals surface area contributed by atoms with Crippen LogP contribution in [0.2, 0.25) is 0 Å². The zero-order valence-electron chi connectivity index (χ0n) is 12.2. The second-order valence-corrected chi connectivity index (χ2v) is 5.55. The molecule has 0 saturated heterocycles. The molecule has 0 amide bonds. The Labute approximate surface area is 120 Å². The number of aryl methyl sites for hydroxylation is 1. The maximum absolute atomic E-state index is 6.06. The van der Waals surface area contributed by atoms with Crippen molar-refractivity contribution >= 4 is 0 Å². The van der Waals surface area contributed by atoms with Crippen LogP contribution in [-0.4, -0.2) is 27.8 Å². The Balaban J connectivity index is 1.87. The highest BCUT2D eigenvalue weighted by Gasteiger charge is 2.25. The summed E-state index contributed by atoms with van der Waals surface area (Å²) in [5.41, 5.74) is 11.4. The van der Waals surface area contributed by atoms with Crippen LogP contribution in [-0.2, 0) is 20.0 Å². The van der Waals surface area contributed by atoms with E-state index in [9.17, 15) is 0 Å². The molecule has 0 radical (unpaired) electrons. The minimum atomic E-state index is 0.261. The molecule has 0 fully saturated rings. The minimum Gasteiger partial charge on any atom is -0.329 e. The molecule has 2 heterocycles. The molecule has 0 saturated carbocycles. The molecule has 0 spiro atoms. The highest BCUT2D eigenvalue weighted by molar-refractivity contribution is 5.30. The second kappa shape index (κ2) is 5.38. The van der Waals surface area contributed by atoms with E-state index >= 15 is 0 Å². The topological polar surface area (TPSA) is 47.1 Å². The lowest BCUT2D eigenvalue weighted by molar-refractivity contribution is 0.183. The quantitative estimate of drug-likeness (QED) is 0.925. The largest absolute Gasteiger partial charge is 0.329 e. The molecule has 1 aliphatic heterocycles. The number of hydrogen-bond donors (Lipinski definition) is 1. The lowest BCUT2D eigenvalue weighted by atomic mass is 9.96. The summed E-state index contributed by atoms with van der Waals surface area (Å²) in [6, 6.07) is 8.97. The Bertz CT molecular complexity index is 602. The zero-order valence-corrected chi connectivity index (χ0v) is 12.2. The molecule has 106 valence electrons. The first-order chi connectivity index (χ1) is 9.70. The number of aromatic nitrogens is 2. The van der Waals surface area contributed by atoms with Crippen LogP contribution in [0.1, 0.15) is 28.4 Å². The first kappa shape index (κ1) is 13.3. The van der Waals surface area contributed by atoms with Gasteiger partial charge >= 0.3 is 0 Å². The van der Waals surface area contributed by atoms with Crippen molar-refractivity contribution in [1.29, 1.82) is 0 Å². The molecule has 2 aromatic rings. The molecular weight excluding hydrogens is 248 g/mol. The van der Waals surface area contributed by atoms with Gasteiger partial charge in [0, 0.05) is 37.9 Å². The summed E-state index contributed by atoms with van der Waals surface area (Å²) < 4.78 is 1.93. The van der Waals surface area contributed by atoms with Gasteiger partial charge < -0.3 is 5.73 Å². The summed E-state index contributed by atoms with van der Waals surface area (Å²) in [4.78, 5) is 2.48. The first-order valence-electron chi connectivity index (χ1n) is 7.20. The third-order valence-electron chi connectivity index (χ3n) is 4.46. The molecular formula is C16H22N4. The summed E-state index contributed by atoms with van der Waals surface area (Å²) in [5.74, 6) is 0. The summed E-state index contributed by atoms with van der Waals surface area (Å²) in [5, 5.41) is 4.36. The van der Waals surface area contributed by atoms with Crippen LogP contribution in [0.25, 0.3) is 0 Å². The van der Waals surface area contributed by atoms with Crippen LogP contribution < -0.4 is 5.73 Å². The summed E-state index contributed by atoms with van der Waals surface area (Å²) in [7, 11) is 1.98. The number of benzene rings is 1. The molecule has 4 heteroatoms. The molecule has 1 aromatic carbocycles. The number of nitrogens with zero attached hydrogens (tertiary/aromatic N) is 3. The van der Waals surface area contributed by atoms with Crippen LogP contribution in [0.3, 0.4) is 0 Å². The van der Waals surface area contributed by atoms with Crippen molar-refractivity contribution < 1.29 is 0 Å². The summed E-state index contributed by atoms with van der Waals surface area (Å²) in [6.07, 6.45) is 3.07. The number of rotatable bonds is 3. The lowest BCUT2D eigenvalue weighted by Crippen LogP contribution is -2.37. The van der Waals surface area contributed by atoms with E-state index in [1.807, 2.05) is 17.9 Å². The van der Waals surface area contributed by atoms with Gasteiger partial charge in [-0.2, -0.15) is 5.10 Å². The van der Waals surface area contributed by atoms with Gasteiger partial charge in [-0.05, 0) is 24.5 Å². The molecule has 2 N–H and O–H groups in total. The standard InChI is InChI=1S/C16H22N4/c1-12-15(10-18-19(12)2)16(9-17)20-8-7-13-5-3-4-6-14(13)11-20/h3-6,10,16H,7-9,11,17H2,1-2H3. The van der Waals surface area contributed by atoms with Gasteiger partial charge in [0.2, 0.25) is 0 Å². The second-order valence-electron chi connectivity index (χ2n) is 5.55. The van der Waals surface area contributed by atoms with E-state index in [0.717, 1.165) is 19.5 Å². The van der Waals surface area contributed by atoms with Gasteiger partial charge in [0.1, 0.15) is 0 Å². The Kier molecular flexibility index (Phi) is 3.59. The Morgan fingerprint density at radius 3 is 2.70 bits per heavy atom. The van der Waals surface area contributed by atoms with Crippen molar-refractivity contribution in [2.45, 2.75) is 25.9 Å². The molecule has 1 atom stereocenters. The predicted octanol–water partition coefficient (Wildman–Crippen LogP) is 1.79. The highest BCUT2D eigenvalue weighted by atomic mass is 15.3. The summed E-state index contributed by atoms with van der Waals surface area (Å²) >= 11 is 0. The molecule has 1 aromatic heterocycles. The van der Waals surface area contributed by atoms with Crippen molar-refractivity contribution in [3.05, 3.63) is 52.8 Å². The summed E-state index contributed by atoms with van der Waals surface area (Å²) in [6.45, 7) is 4.79. The van der Waals surface area contributed by atoms with E-state index in [1.165, 1.54) is 22.4 Å². The van der Waals surface area contributed by atoms with E-state index in [-0.39, 0.29) is 6.04 Å².